The molecular weight excluding hydrogens is 336 g/mol. The van der Waals surface area contributed by atoms with Crippen LogP contribution in [0.5, 0.6) is 0 Å². The van der Waals surface area contributed by atoms with Crippen molar-refractivity contribution in [2.45, 2.75) is 13.1 Å². The van der Waals surface area contributed by atoms with Crippen LogP contribution in [-0.4, -0.2) is 25.6 Å². The van der Waals surface area contributed by atoms with Gasteiger partial charge in [-0.3, -0.25) is 14.5 Å². The molecule has 0 fully saturated rings. The molecule has 0 atom stereocenters. The number of carbonyl (C=O) groups excluding carboxylic acids is 1. The Labute approximate surface area is 156 Å². The normalized spacial score (nSPS) is 13.4. The van der Waals surface area contributed by atoms with Gasteiger partial charge >= 0.3 is 0 Å². The number of aromatic nitrogens is 3. The van der Waals surface area contributed by atoms with E-state index in [9.17, 15) is 4.79 Å². The molecule has 27 heavy (non-hydrogen) atoms. The van der Waals surface area contributed by atoms with Crippen molar-refractivity contribution >= 4 is 16.8 Å². The molecule has 0 saturated carbocycles. The Kier molecular flexibility index (Phi) is 3.53. The minimum atomic E-state index is 0.0581. The molecule has 0 saturated heterocycles. The molecule has 5 heteroatoms. The smallest absolute Gasteiger partial charge is 0.256 e. The highest BCUT2D eigenvalue weighted by Crippen LogP contribution is 2.26. The molecule has 3 heterocycles. The number of benzene rings is 2. The molecule has 2 aromatic heterocycles. The lowest BCUT2D eigenvalue weighted by atomic mass is 10.0. The van der Waals surface area contributed by atoms with Crippen LogP contribution in [0.3, 0.4) is 0 Å². The topological polar surface area (TPSA) is 51.0 Å². The van der Waals surface area contributed by atoms with E-state index in [-0.39, 0.29) is 5.91 Å². The summed E-state index contributed by atoms with van der Waals surface area (Å²) in [6, 6.07) is 18.4. The summed E-state index contributed by atoms with van der Waals surface area (Å²) < 4.78 is 1.83. The minimum Gasteiger partial charge on any atom is -0.328 e. The first-order chi connectivity index (χ1) is 13.2. The average Bonchev–Trinajstić information content (AvgIpc) is 3.21. The maximum Gasteiger partial charge on any atom is 0.256 e. The predicted molar refractivity (Wildman–Crippen MR) is 104 cm³/mol. The van der Waals surface area contributed by atoms with Crippen molar-refractivity contribution in [2.24, 2.45) is 7.05 Å². The third-order valence-electron chi connectivity index (χ3n) is 5.03. The number of amides is 1. The third kappa shape index (κ3) is 2.77. The number of aryl methyl sites for hydroxylation is 1. The summed E-state index contributed by atoms with van der Waals surface area (Å²) in [5.74, 6) is 0.0581. The fourth-order valence-electron chi connectivity index (χ4n) is 3.65. The van der Waals surface area contributed by atoms with Crippen LogP contribution in [0.4, 0.5) is 0 Å². The van der Waals surface area contributed by atoms with E-state index in [1.165, 1.54) is 0 Å². The van der Waals surface area contributed by atoms with Crippen molar-refractivity contribution < 1.29 is 4.79 Å². The first-order valence-corrected chi connectivity index (χ1v) is 8.93. The second kappa shape index (κ2) is 6.06. The number of nitrogens with zero attached hydrogens (tertiary/aromatic N) is 4. The van der Waals surface area contributed by atoms with Gasteiger partial charge in [-0.1, -0.05) is 36.4 Å². The van der Waals surface area contributed by atoms with Crippen LogP contribution in [0.25, 0.3) is 22.0 Å². The second-order valence-electron chi connectivity index (χ2n) is 6.93. The molecule has 0 unspecified atom stereocenters. The molecule has 0 aliphatic carbocycles. The molecule has 1 amide bonds. The molecule has 0 bridgehead atoms. The van der Waals surface area contributed by atoms with Crippen molar-refractivity contribution in [3.8, 4) is 11.1 Å². The van der Waals surface area contributed by atoms with Gasteiger partial charge in [0.25, 0.3) is 5.91 Å². The zero-order valence-electron chi connectivity index (χ0n) is 15.0. The molecule has 1 aliphatic rings. The summed E-state index contributed by atoms with van der Waals surface area (Å²) in [6.07, 6.45) is 3.75. The SMILES string of the molecule is Cn1cc2ccc(-c3ccc(CN4Cc5ncccc5C4=O)cc3)cc2n1. The summed E-state index contributed by atoms with van der Waals surface area (Å²) >= 11 is 0. The van der Waals surface area contributed by atoms with E-state index in [2.05, 4.69) is 52.5 Å². The lowest BCUT2D eigenvalue weighted by Crippen LogP contribution is -2.23. The van der Waals surface area contributed by atoms with Gasteiger partial charge < -0.3 is 4.90 Å². The summed E-state index contributed by atoms with van der Waals surface area (Å²) in [5, 5.41) is 5.62. The molecule has 0 N–H and O–H groups in total. The van der Waals surface area contributed by atoms with E-state index < -0.39 is 0 Å². The molecule has 4 aromatic rings. The lowest BCUT2D eigenvalue weighted by Gasteiger charge is -2.15. The average molecular weight is 354 g/mol. The van der Waals surface area contributed by atoms with Gasteiger partial charge in [0, 0.05) is 31.4 Å². The van der Waals surface area contributed by atoms with Gasteiger partial charge in [0.05, 0.1) is 23.3 Å². The zero-order chi connectivity index (χ0) is 18.4. The van der Waals surface area contributed by atoms with Crippen LogP contribution in [0, 0.1) is 0 Å². The predicted octanol–water partition coefficient (Wildman–Crippen LogP) is 3.79. The zero-order valence-corrected chi connectivity index (χ0v) is 15.0. The monoisotopic (exact) mass is 354 g/mol. The van der Waals surface area contributed by atoms with Gasteiger partial charge in [-0.15, -0.1) is 0 Å². The number of hydrogen-bond acceptors (Lipinski definition) is 3. The Bertz CT molecular complexity index is 1160. The lowest BCUT2D eigenvalue weighted by molar-refractivity contribution is 0.0766. The number of carbonyl (C=O) groups is 1. The van der Waals surface area contributed by atoms with Gasteiger partial charge in [0.1, 0.15) is 0 Å². The van der Waals surface area contributed by atoms with Gasteiger partial charge in [-0.2, -0.15) is 5.10 Å². The number of pyridine rings is 1. The fourth-order valence-corrected chi connectivity index (χ4v) is 3.65. The molecule has 2 aromatic carbocycles. The van der Waals surface area contributed by atoms with E-state index in [1.54, 1.807) is 6.20 Å². The summed E-state index contributed by atoms with van der Waals surface area (Å²) in [4.78, 5) is 18.6. The molecule has 5 rings (SSSR count). The van der Waals surface area contributed by atoms with Gasteiger partial charge in [-0.25, -0.2) is 0 Å². The Morgan fingerprint density at radius 1 is 1.04 bits per heavy atom. The van der Waals surface area contributed by atoms with E-state index in [0.29, 0.717) is 13.1 Å². The van der Waals surface area contributed by atoms with Crippen molar-refractivity contribution in [1.82, 2.24) is 19.7 Å². The number of fused-ring (bicyclic) bond motifs is 2. The Morgan fingerprint density at radius 2 is 1.85 bits per heavy atom. The summed E-state index contributed by atoms with van der Waals surface area (Å²) in [5.41, 5.74) is 5.97. The fraction of sp³-hybridized carbons (Fsp3) is 0.136. The van der Waals surface area contributed by atoms with Crippen molar-refractivity contribution in [1.29, 1.82) is 0 Å². The van der Waals surface area contributed by atoms with Gasteiger partial charge in [0.15, 0.2) is 0 Å². The first kappa shape index (κ1) is 15.8. The van der Waals surface area contributed by atoms with Crippen LogP contribution in [0.1, 0.15) is 21.6 Å². The Hall–Kier alpha value is -3.47. The Balaban J connectivity index is 1.36. The molecule has 0 radical (unpaired) electrons. The number of hydrogen-bond donors (Lipinski definition) is 0. The summed E-state index contributed by atoms with van der Waals surface area (Å²) in [6.45, 7) is 1.17. The Morgan fingerprint density at radius 3 is 2.67 bits per heavy atom. The quantitative estimate of drug-likeness (QED) is 0.562. The highest BCUT2D eigenvalue weighted by Gasteiger charge is 2.27. The van der Waals surface area contributed by atoms with Crippen LogP contribution in [0.15, 0.2) is 67.0 Å². The van der Waals surface area contributed by atoms with E-state index in [0.717, 1.165) is 38.9 Å². The van der Waals surface area contributed by atoms with Crippen molar-refractivity contribution in [2.75, 3.05) is 0 Å². The second-order valence-corrected chi connectivity index (χ2v) is 6.93. The maximum absolute atomic E-state index is 12.5. The first-order valence-electron chi connectivity index (χ1n) is 8.93. The third-order valence-corrected chi connectivity index (χ3v) is 5.03. The molecule has 1 aliphatic heterocycles. The van der Waals surface area contributed by atoms with Crippen LogP contribution in [0.2, 0.25) is 0 Å². The van der Waals surface area contributed by atoms with Crippen LogP contribution in [-0.2, 0) is 20.1 Å². The van der Waals surface area contributed by atoms with Crippen LogP contribution >= 0.6 is 0 Å². The highest BCUT2D eigenvalue weighted by molar-refractivity contribution is 5.97. The van der Waals surface area contributed by atoms with Gasteiger partial charge in [-0.05, 0) is 34.9 Å². The molecule has 132 valence electrons. The van der Waals surface area contributed by atoms with E-state index >= 15 is 0 Å². The highest BCUT2D eigenvalue weighted by atomic mass is 16.2. The van der Waals surface area contributed by atoms with Crippen molar-refractivity contribution in [3.63, 3.8) is 0 Å². The largest absolute Gasteiger partial charge is 0.328 e. The van der Waals surface area contributed by atoms with Gasteiger partial charge in [0.2, 0.25) is 0 Å². The number of rotatable bonds is 3. The maximum atomic E-state index is 12.5. The summed E-state index contributed by atoms with van der Waals surface area (Å²) in [7, 11) is 1.93. The molecule has 5 nitrogen and oxygen atoms in total. The standard InChI is InChI=1S/C22H18N4O/c1-25-13-18-9-8-17(11-20(18)24-25)16-6-4-15(5-7-16)12-26-14-21-19(22(26)27)3-2-10-23-21/h2-11,13H,12,14H2,1H3. The molecule has 0 spiro atoms. The van der Waals surface area contributed by atoms with Crippen molar-refractivity contribution in [3.05, 3.63) is 83.8 Å². The molecular formula is C22H18N4O. The van der Waals surface area contributed by atoms with E-state index in [4.69, 9.17) is 0 Å². The van der Waals surface area contributed by atoms with E-state index in [1.807, 2.05) is 35.0 Å². The minimum absolute atomic E-state index is 0.0581. The van der Waals surface area contributed by atoms with Crippen LogP contribution < -0.4 is 0 Å².